The lowest BCUT2D eigenvalue weighted by atomic mass is 9.92. The van der Waals surface area contributed by atoms with Crippen LogP contribution in [0, 0.1) is 5.92 Å². The van der Waals surface area contributed by atoms with Gasteiger partial charge in [0.05, 0.1) is 0 Å². The molecule has 1 aliphatic heterocycles. The molecule has 0 atom stereocenters. The van der Waals surface area contributed by atoms with E-state index >= 15 is 0 Å². The van der Waals surface area contributed by atoms with Gasteiger partial charge in [-0.15, -0.1) is 0 Å². The fourth-order valence-electron chi connectivity index (χ4n) is 3.18. The Morgan fingerprint density at radius 3 is 2.77 bits per heavy atom. The molecule has 1 saturated heterocycles. The molecule has 1 aromatic heterocycles. The number of primary amides is 1. The summed E-state index contributed by atoms with van der Waals surface area (Å²) < 4.78 is 0. The van der Waals surface area contributed by atoms with Gasteiger partial charge in [-0.1, -0.05) is 31.5 Å². The zero-order chi connectivity index (χ0) is 15.9. The number of fused-ring (bicyclic) bond motifs is 1. The number of carbonyl (C=O) groups is 1. The van der Waals surface area contributed by atoms with E-state index < -0.39 is 0 Å². The molecule has 2 aromatic rings. The van der Waals surface area contributed by atoms with Crippen molar-refractivity contribution < 1.29 is 4.79 Å². The Bertz CT molecular complexity index is 723. The highest BCUT2D eigenvalue weighted by atomic mass is 35.5. The van der Waals surface area contributed by atoms with Crippen LogP contribution >= 0.6 is 11.6 Å². The van der Waals surface area contributed by atoms with Crippen LogP contribution in [0.1, 0.15) is 31.7 Å². The minimum absolute atomic E-state index is 0.224. The summed E-state index contributed by atoms with van der Waals surface area (Å²) in [5, 5.41) is 2.79. The number of aromatic nitrogens is 1. The van der Waals surface area contributed by atoms with Crippen LogP contribution in [0.25, 0.3) is 10.8 Å². The predicted octanol–water partition coefficient (Wildman–Crippen LogP) is 3.32. The normalized spacial score (nSPS) is 15.4. The maximum absolute atomic E-state index is 11.0. The number of hydrogen-bond donors (Lipinski definition) is 1. The molecule has 0 radical (unpaired) electrons. The number of carbonyl (C=O) groups excluding carboxylic acids is 1. The Morgan fingerprint density at radius 2 is 2.14 bits per heavy atom. The van der Waals surface area contributed by atoms with Crippen molar-refractivity contribution in [1.29, 1.82) is 0 Å². The molecule has 0 saturated carbocycles. The van der Waals surface area contributed by atoms with Gasteiger partial charge in [0.25, 0.3) is 0 Å². The number of rotatable bonds is 4. The highest BCUT2D eigenvalue weighted by molar-refractivity contribution is 6.30. The lowest BCUT2D eigenvalue weighted by molar-refractivity contribution is -0.119. The molecule has 1 aliphatic rings. The molecule has 1 aromatic carbocycles. The van der Waals surface area contributed by atoms with Gasteiger partial charge in [0, 0.05) is 42.7 Å². The van der Waals surface area contributed by atoms with E-state index in [1.807, 2.05) is 12.3 Å². The zero-order valence-electron chi connectivity index (χ0n) is 12.8. The van der Waals surface area contributed by atoms with Crippen molar-refractivity contribution in [2.75, 3.05) is 18.0 Å². The van der Waals surface area contributed by atoms with Gasteiger partial charge >= 0.3 is 0 Å². The minimum Gasteiger partial charge on any atom is -0.370 e. The van der Waals surface area contributed by atoms with Crippen molar-refractivity contribution in [3.05, 3.63) is 35.1 Å². The zero-order valence-corrected chi connectivity index (χ0v) is 13.6. The second-order valence-corrected chi connectivity index (χ2v) is 6.71. The van der Waals surface area contributed by atoms with Crippen molar-refractivity contribution in [2.45, 2.75) is 26.2 Å². The van der Waals surface area contributed by atoms with Crippen molar-refractivity contribution in [3.8, 4) is 0 Å². The number of halogens is 1. The van der Waals surface area contributed by atoms with Crippen LogP contribution in [0.3, 0.4) is 0 Å². The number of pyridine rings is 1. The molecule has 0 spiro atoms. The molecule has 0 aliphatic carbocycles. The smallest absolute Gasteiger partial charge is 0.217 e. The fraction of sp³-hybridized carbons (Fsp3) is 0.412. The van der Waals surface area contributed by atoms with Crippen molar-refractivity contribution >= 4 is 34.0 Å². The van der Waals surface area contributed by atoms with Gasteiger partial charge in [-0.25, -0.2) is 4.98 Å². The molecule has 2 heterocycles. The molecule has 3 rings (SSSR count). The summed E-state index contributed by atoms with van der Waals surface area (Å²) in [5.74, 6) is 0.560. The topological polar surface area (TPSA) is 59.2 Å². The molecule has 1 fully saturated rings. The van der Waals surface area contributed by atoms with Crippen LogP contribution in [0.15, 0.2) is 24.4 Å². The molecule has 1 amide bonds. The van der Waals surface area contributed by atoms with Gasteiger partial charge in [0.2, 0.25) is 5.91 Å². The maximum atomic E-state index is 11.0. The number of benzene rings is 1. The van der Waals surface area contributed by atoms with Crippen molar-refractivity contribution in [3.63, 3.8) is 0 Å². The van der Waals surface area contributed by atoms with Gasteiger partial charge in [0.1, 0.15) is 5.15 Å². The Labute approximate surface area is 135 Å². The van der Waals surface area contributed by atoms with Crippen LogP contribution in [-0.2, 0) is 4.79 Å². The van der Waals surface area contributed by atoms with E-state index in [4.69, 9.17) is 17.3 Å². The van der Waals surface area contributed by atoms with Gasteiger partial charge < -0.3 is 10.6 Å². The first-order chi connectivity index (χ1) is 10.5. The van der Waals surface area contributed by atoms with Crippen molar-refractivity contribution in [1.82, 2.24) is 4.98 Å². The average molecular weight is 318 g/mol. The highest BCUT2D eigenvalue weighted by Gasteiger charge is 2.29. The standard InChI is InChI=1S/C17H20ClN3O/c1-10(2)12-3-4-15(14-7-20-16(18)6-13(12)14)21-8-11(9-21)5-17(19)22/h3-4,6-7,10-11H,5,8-9H2,1-2H3,(H2,19,22). The lowest BCUT2D eigenvalue weighted by Gasteiger charge is -2.41. The van der Waals surface area contributed by atoms with Crippen LogP contribution in [0.4, 0.5) is 5.69 Å². The molecule has 2 N–H and O–H groups in total. The van der Waals surface area contributed by atoms with E-state index in [1.165, 1.54) is 5.56 Å². The molecule has 116 valence electrons. The Morgan fingerprint density at radius 1 is 1.41 bits per heavy atom. The molecule has 0 bridgehead atoms. The van der Waals surface area contributed by atoms with E-state index in [-0.39, 0.29) is 5.91 Å². The van der Waals surface area contributed by atoms with E-state index in [0.29, 0.717) is 23.4 Å². The van der Waals surface area contributed by atoms with Crippen LogP contribution in [0.5, 0.6) is 0 Å². The average Bonchev–Trinajstić information content (AvgIpc) is 2.40. The quantitative estimate of drug-likeness (QED) is 0.880. The third-order valence-electron chi connectivity index (χ3n) is 4.29. The molecular formula is C17H20ClN3O. The van der Waals surface area contributed by atoms with E-state index in [1.54, 1.807) is 0 Å². The summed E-state index contributed by atoms with van der Waals surface area (Å²) >= 11 is 6.08. The summed E-state index contributed by atoms with van der Waals surface area (Å²) in [6, 6.07) is 6.25. The first-order valence-electron chi connectivity index (χ1n) is 7.57. The van der Waals surface area contributed by atoms with E-state index in [0.717, 1.165) is 29.5 Å². The Hall–Kier alpha value is -1.81. The van der Waals surface area contributed by atoms with Gasteiger partial charge in [0.15, 0.2) is 0 Å². The highest BCUT2D eigenvalue weighted by Crippen LogP contribution is 2.36. The summed E-state index contributed by atoms with van der Waals surface area (Å²) in [6.45, 7) is 6.08. The van der Waals surface area contributed by atoms with Crippen LogP contribution in [0.2, 0.25) is 5.15 Å². The second-order valence-electron chi connectivity index (χ2n) is 6.32. The predicted molar refractivity (Wildman–Crippen MR) is 90.4 cm³/mol. The molecule has 0 unspecified atom stereocenters. The largest absolute Gasteiger partial charge is 0.370 e. The Kier molecular flexibility index (Phi) is 3.96. The first-order valence-corrected chi connectivity index (χ1v) is 7.95. The SMILES string of the molecule is CC(C)c1ccc(N2CC(CC(N)=O)C2)c2cnc(Cl)cc12. The number of nitrogens with two attached hydrogens (primary N) is 1. The molecule has 4 nitrogen and oxygen atoms in total. The molecular weight excluding hydrogens is 298 g/mol. The summed E-state index contributed by atoms with van der Waals surface area (Å²) in [7, 11) is 0. The summed E-state index contributed by atoms with van der Waals surface area (Å²) in [4.78, 5) is 17.5. The molecule has 22 heavy (non-hydrogen) atoms. The second kappa shape index (κ2) is 5.76. The fourth-order valence-corrected chi connectivity index (χ4v) is 3.34. The van der Waals surface area contributed by atoms with Crippen LogP contribution < -0.4 is 10.6 Å². The maximum Gasteiger partial charge on any atom is 0.217 e. The summed E-state index contributed by atoms with van der Waals surface area (Å²) in [5.41, 5.74) is 7.70. The monoisotopic (exact) mass is 317 g/mol. The summed E-state index contributed by atoms with van der Waals surface area (Å²) in [6.07, 6.45) is 2.31. The number of nitrogens with zero attached hydrogens (tertiary/aromatic N) is 2. The number of anilines is 1. The van der Waals surface area contributed by atoms with Gasteiger partial charge in [-0.3, -0.25) is 4.79 Å². The number of amides is 1. The van der Waals surface area contributed by atoms with E-state index in [9.17, 15) is 4.79 Å². The third-order valence-corrected chi connectivity index (χ3v) is 4.49. The molecule has 5 heteroatoms. The lowest BCUT2D eigenvalue weighted by Crippen LogP contribution is -2.48. The minimum atomic E-state index is -0.224. The third kappa shape index (κ3) is 2.75. The first kappa shape index (κ1) is 15.1. The van der Waals surface area contributed by atoms with Gasteiger partial charge in [-0.2, -0.15) is 0 Å². The van der Waals surface area contributed by atoms with E-state index in [2.05, 4.69) is 35.9 Å². The number of hydrogen-bond acceptors (Lipinski definition) is 3. The van der Waals surface area contributed by atoms with Gasteiger partial charge in [-0.05, 0) is 29.0 Å². The van der Waals surface area contributed by atoms with Crippen LogP contribution in [-0.4, -0.2) is 24.0 Å². The van der Waals surface area contributed by atoms with Crippen molar-refractivity contribution in [2.24, 2.45) is 11.7 Å². The Balaban J connectivity index is 1.95.